The third-order valence-electron chi connectivity index (χ3n) is 3.87. The second-order valence-corrected chi connectivity index (χ2v) is 6.15. The zero-order valence-corrected chi connectivity index (χ0v) is 13.3. The maximum Gasteiger partial charge on any atom is 0.264 e. The number of rotatable bonds is 3. The molecule has 0 bridgehead atoms. The van der Waals surface area contributed by atoms with Crippen LogP contribution in [0.4, 0.5) is 5.69 Å². The average Bonchev–Trinajstić information content (AvgIpc) is 3.25. The van der Waals surface area contributed by atoms with Crippen molar-refractivity contribution in [3.63, 3.8) is 0 Å². The lowest BCUT2D eigenvalue weighted by Crippen LogP contribution is -2.31. The molecule has 3 rings (SSSR count). The highest BCUT2D eigenvalue weighted by Gasteiger charge is 2.28. The van der Waals surface area contributed by atoms with E-state index in [1.807, 2.05) is 13.0 Å². The van der Waals surface area contributed by atoms with Gasteiger partial charge in [0.15, 0.2) is 0 Å². The van der Waals surface area contributed by atoms with Gasteiger partial charge < -0.3 is 9.88 Å². The predicted molar refractivity (Wildman–Crippen MR) is 87.9 cm³/mol. The van der Waals surface area contributed by atoms with Crippen LogP contribution in [-0.2, 0) is 0 Å². The van der Waals surface area contributed by atoms with E-state index in [1.165, 1.54) is 0 Å². The van der Waals surface area contributed by atoms with Crippen molar-refractivity contribution in [1.29, 1.82) is 0 Å². The number of pyridine rings is 1. The number of hydrogen-bond acceptors (Lipinski definition) is 2. The second kappa shape index (κ2) is 5.61. The van der Waals surface area contributed by atoms with Crippen LogP contribution in [0.15, 0.2) is 35.1 Å². The van der Waals surface area contributed by atoms with E-state index in [0.29, 0.717) is 16.3 Å². The maximum absolute atomic E-state index is 12.7. The van der Waals surface area contributed by atoms with Crippen LogP contribution >= 0.6 is 11.6 Å². The number of aryl methyl sites for hydroxylation is 2. The molecule has 1 aliphatic rings. The fourth-order valence-electron chi connectivity index (χ4n) is 2.69. The third kappa shape index (κ3) is 2.79. The van der Waals surface area contributed by atoms with Gasteiger partial charge in [-0.05, 0) is 62.6 Å². The van der Waals surface area contributed by atoms with Gasteiger partial charge in [0.05, 0.1) is 0 Å². The number of hydrogen-bond donors (Lipinski definition) is 1. The summed E-state index contributed by atoms with van der Waals surface area (Å²) in [6, 6.07) is 8.96. The van der Waals surface area contributed by atoms with E-state index in [2.05, 4.69) is 5.32 Å². The topological polar surface area (TPSA) is 51.1 Å². The van der Waals surface area contributed by atoms with E-state index in [4.69, 9.17) is 11.6 Å². The lowest BCUT2D eigenvalue weighted by molar-refractivity contribution is 0.102. The molecule has 0 radical (unpaired) electrons. The molecular formula is C17H17ClN2O2. The second-order valence-electron chi connectivity index (χ2n) is 5.71. The van der Waals surface area contributed by atoms with Crippen molar-refractivity contribution in [1.82, 2.24) is 4.57 Å². The van der Waals surface area contributed by atoms with Crippen LogP contribution in [0.2, 0.25) is 5.02 Å². The van der Waals surface area contributed by atoms with Gasteiger partial charge in [-0.15, -0.1) is 0 Å². The highest BCUT2D eigenvalue weighted by Crippen LogP contribution is 2.34. The number of anilines is 1. The molecule has 1 aromatic carbocycles. The van der Waals surface area contributed by atoms with Gasteiger partial charge in [0.2, 0.25) is 0 Å². The van der Waals surface area contributed by atoms with Gasteiger partial charge >= 0.3 is 0 Å². The minimum atomic E-state index is -0.376. The largest absolute Gasteiger partial charge is 0.322 e. The number of carbonyl (C=O) groups excluding carboxylic acids is 1. The highest BCUT2D eigenvalue weighted by atomic mass is 35.5. The van der Waals surface area contributed by atoms with Gasteiger partial charge in [-0.2, -0.15) is 0 Å². The number of halogens is 1. The summed E-state index contributed by atoms with van der Waals surface area (Å²) in [4.78, 5) is 25.1. The number of nitrogens with one attached hydrogen (secondary N) is 1. The van der Waals surface area contributed by atoms with Gasteiger partial charge in [-0.25, -0.2) is 0 Å². The van der Waals surface area contributed by atoms with Gasteiger partial charge in [-0.1, -0.05) is 11.6 Å². The fourth-order valence-corrected chi connectivity index (χ4v) is 2.82. The zero-order chi connectivity index (χ0) is 15.9. The van der Waals surface area contributed by atoms with E-state index >= 15 is 0 Å². The van der Waals surface area contributed by atoms with E-state index in [0.717, 1.165) is 18.5 Å². The summed E-state index contributed by atoms with van der Waals surface area (Å²) < 4.78 is 1.74. The third-order valence-corrected chi connectivity index (χ3v) is 4.13. The summed E-state index contributed by atoms with van der Waals surface area (Å²) in [5.74, 6) is -0.376. The Kier molecular flexibility index (Phi) is 3.79. The number of aromatic nitrogens is 1. The minimum Gasteiger partial charge on any atom is -0.322 e. The van der Waals surface area contributed by atoms with Crippen molar-refractivity contribution >= 4 is 23.2 Å². The zero-order valence-electron chi connectivity index (χ0n) is 12.5. The Labute approximate surface area is 133 Å². The van der Waals surface area contributed by atoms with Crippen LogP contribution < -0.4 is 10.9 Å². The van der Waals surface area contributed by atoms with Gasteiger partial charge in [0.25, 0.3) is 11.5 Å². The molecule has 0 spiro atoms. The van der Waals surface area contributed by atoms with Gasteiger partial charge in [-0.3, -0.25) is 9.59 Å². The Balaban J connectivity index is 1.97. The monoisotopic (exact) mass is 316 g/mol. The van der Waals surface area contributed by atoms with Crippen molar-refractivity contribution < 1.29 is 4.79 Å². The molecule has 0 saturated heterocycles. The normalized spacial score (nSPS) is 14.0. The summed E-state index contributed by atoms with van der Waals surface area (Å²) in [5.41, 5.74) is 2.24. The summed E-state index contributed by atoms with van der Waals surface area (Å²) in [6.07, 6.45) is 2.00. The molecule has 0 unspecified atom stereocenters. The predicted octanol–water partition coefficient (Wildman–Crippen LogP) is 3.71. The standard InChI is InChI=1S/C17H17ClN2O2/c1-10-9-11(2)20(14-7-8-14)17(22)15(10)16(21)19-13-5-3-12(18)4-6-13/h3-6,9,14H,7-8H2,1-2H3,(H,19,21). The first-order valence-electron chi connectivity index (χ1n) is 7.27. The van der Waals surface area contributed by atoms with E-state index in [9.17, 15) is 9.59 Å². The number of amides is 1. The van der Waals surface area contributed by atoms with Gasteiger partial charge in [0, 0.05) is 22.4 Å². The Bertz CT molecular complexity index is 790. The Morgan fingerprint density at radius 2 is 1.86 bits per heavy atom. The maximum atomic E-state index is 12.7. The first kappa shape index (κ1) is 14.9. The molecule has 0 aliphatic heterocycles. The Morgan fingerprint density at radius 1 is 1.23 bits per heavy atom. The molecule has 1 N–H and O–H groups in total. The number of benzene rings is 1. The van der Waals surface area contributed by atoms with E-state index < -0.39 is 0 Å². The fraction of sp³-hybridized carbons (Fsp3) is 0.294. The van der Waals surface area contributed by atoms with Crippen LogP contribution in [0.25, 0.3) is 0 Å². The lowest BCUT2D eigenvalue weighted by atomic mass is 10.1. The molecule has 0 atom stereocenters. The highest BCUT2D eigenvalue weighted by molar-refractivity contribution is 6.30. The van der Waals surface area contributed by atoms with Crippen molar-refractivity contribution in [2.45, 2.75) is 32.7 Å². The van der Waals surface area contributed by atoms with Gasteiger partial charge in [0.1, 0.15) is 5.56 Å². The van der Waals surface area contributed by atoms with E-state index in [-0.39, 0.29) is 23.1 Å². The molecule has 1 fully saturated rings. The van der Waals surface area contributed by atoms with Crippen molar-refractivity contribution in [2.24, 2.45) is 0 Å². The average molecular weight is 317 g/mol. The quantitative estimate of drug-likeness (QED) is 0.938. The van der Waals surface area contributed by atoms with Crippen LogP contribution in [0, 0.1) is 13.8 Å². The summed E-state index contributed by atoms with van der Waals surface area (Å²) >= 11 is 5.83. The van der Waals surface area contributed by atoms with Crippen LogP contribution in [0.3, 0.4) is 0 Å². The summed E-state index contributed by atoms with van der Waals surface area (Å²) in [5, 5.41) is 3.36. The van der Waals surface area contributed by atoms with Crippen LogP contribution in [0.1, 0.15) is 40.5 Å². The first-order chi connectivity index (χ1) is 10.5. The minimum absolute atomic E-state index is 0.202. The first-order valence-corrected chi connectivity index (χ1v) is 7.65. The lowest BCUT2D eigenvalue weighted by Gasteiger charge is -2.14. The molecule has 1 amide bonds. The molecule has 22 heavy (non-hydrogen) atoms. The van der Waals surface area contributed by atoms with Crippen molar-refractivity contribution in [2.75, 3.05) is 5.32 Å². The molecule has 1 aromatic heterocycles. The Morgan fingerprint density at radius 3 is 2.45 bits per heavy atom. The molecule has 5 heteroatoms. The molecule has 1 heterocycles. The van der Waals surface area contributed by atoms with Crippen molar-refractivity contribution in [3.8, 4) is 0 Å². The van der Waals surface area contributed by atoms with Crippen LogP contribution in [-0.4, -0.2) is 10.5 Å². The molecule has 2 aromatic rings. The van der Waals surface area contributed by atoms with Crippen LogP contribution in [0.5, 0.6) is 0 Å². The molecular weight excluding hydrogens is 300 g/mol. The summed E-state index contributed by atoms with van der Waals surface area (Å²) in [6.45, 7) is 3.70. The van der Waals surface area contributed by atoms with E-state index in [1.54, 1.807) is 35.8 Å². The SMILES string of the molecule is Cc1cc(C)n(C2CC2)c(=O)c1C(=O)Nc1ccc(Cl)cc1. The molecule has 4 nitrogen and oxygen atoms in total. The molecule has 1 aliphatic carbocycles. The number of carbonyl (C=O) groups is 1. The molecule has 114 valence electrons. The number of nitrogens with zero attached hydrogens (tertiary/aromatic N) is 1. The Hall–Kier alpha value is -2.07. The summed E-state index contributed by atoms with van der Waals surface area (Å²) in [7, 11) is 0. The molecule has 1 saturated carbocycles. The smallest absolute Gasteiger partial charge is 0.264 e. The van der Waals surface area contributed by atoms with Crippen molar-refractivity contribution in [3.05, 3.63) is 62.5 Å².